The van der Waals surface area contributed by atoms with Crippen molar-refractivity contribution in [3.63, 3.8) is 0 Å². The fraction of sp³-hybridized carbons (Fsp3) is 0.455. The summed E-state index contributed by atoms with van der Waals surface area (Å²) in [6, 6.07) is 5.42. The van der Waals surface area contributed by atoms with Crippen molar-refractivity contribution in [1.29, 1.82) is 0 Å². The van der Waals surface area contributed by atoms with Gasteiger partial charge in [0.05, 0.1) is 6.10 Å². The van der Waals surface area contributed by atoms with Crippen LogP contribution in [0.15, 0.2) is 29.2 Å². The van der Waals surface area contributed by atoms with Crippen LogP contribution in [0.1, 0.15) is 11.7 Å². The maximum Gasteiger partial charge on any atom is 0.446 e. The first-order valence-corrected chi connectivity index (χ1v) is 6.01. The third-order valence-electron chi connectivity index (χ3n) is 2.21. The van der Waals surface area contributed by atoms with E-state index in [2.05, 4.69) is 5.32 Å². The predicted molar refractivity (Wildman–Crippen MR) is 63.2 cm³/mol. The van der Waals surface area contributed by atoms with Crippen molar-refractivity contribution in [3.05, 3.63) is 29.8 Å². The second kappa shape index (κ2) is 6.42. The monoisotopic (exact) mass is 281 g/mol. The van der Waals surface area contributed by atoms with E-state index in [1.807, 2.05) is 0 Å². The lowest BCUT2D eigenvalue weighted by molar-refractivity contribution is -0.0328. The van der Waals surface area contributed by atoms with Crippen LogP contribution in [0.4, 0.5) is 13.2 Å². The topological polar surface area (TPSA) is 52.5 Å². The van der Waals surface area contributed by atoms with Gasteiger partial charge in [0.25, 0.3) is 0 Å². The SMILES string of the molecule is CNCC(O)C(O)c1cccc(SC(F)(F)F)c1. The standard InChI is InChI=1S/C11H14F3NO2S/c1-15-6-9(16)10(17)7-3-2-4-8(5-7)18-11(12,13)14/h2-5,9-10,15-17H,6H2,1H3. The molecule has 1 aromatic carbocycles. The number of thioether (sulfide) groups is 1. The Morgan fingerprint density at radius 1 is 1.33 bits per heavy atom. The van der Waals surface area contributed by atoms with Crippen molar-refractivity contribution in [1.82, 2.24) is 5.32 Å². The lowest BCUT2D eigenvalue weighted by atomic mass is 10.0. The van der Waals surface area contributed by atoms with Crippen LogP contribution in [0.25, 0.3) is 0 Å². The smallest absolute Gasteiger partial charge is 0.389 e. The number of halogens is 3. The fourth-order valence-electron chi connectivity index (χ4n) is 1.44. The molecule has 1 rings (SSSR count). The Hall–Kier alpha value is -0.760. The van der Waals surface area contributed by atoms with Gasteiger partial charge in [-0.2, -0.15) is 13.2 Å². The van der Waals surface area contributed by atoms with Crippen LogP contribution in [0.3, 0.4) is 0 Å². The summed E-state index contributed by atoms with van der Waals surface area (Å²) >= 11 is -0.251. The van der Waals surface area contributed by atoms with Gasteiger partial charge in [-0.1, -0.05) is 12.1 Å². The number of likely N-dealkylation sites (N-methyl/N-ethyl adjacent to an activating group) is 1. The molecule has 0 saturated carbocycles. The summed E-state index contributed by atoms with van der Waals surface area (Å²) in [5, 5.41) is 22.0. The molecule has 3 N–H and O–H groups in total. The second-order valence-corrected chi connectivity index (χ2v) is 4.83. The largest absolute Gasteiger partial charge is 0.446 e. The third-order valence-corrected chi connectivity index (χ3v) is 2.93. The normalized spacial score (nSPS) is 15.4. The zero-order chi connectivity index (χ0) is 13.8. The Bertz CT molecular complexity index is 387. The Morgan fingerprint density at radius 3 is 2.56 bits per heavy atom. The Balaban J connectivity index is 2.81. The molecule has 0 aromatic heterocycles. The molecule has 2 unspecified atom stereocenters. The van der Waals surface area contributed by atoms with Gasteiger partial charge in [0.1, 0.15) is 6.10 Å². The summed E-state index contributed by atoms with van der Waals surface area (Å²) in [4.78, 5) is -0.0179. The summed E-state index contributed by atoms with van der Waals surface area (Å²) in [6.07, 6.45) is -2.28. The Kier molecular flexibility index (Phi) is 5.46. The minimum atomic E-state index is -4.37. The molecule has 0 radical (unpaired) electrons. The van der Waals surface area contributed by atoms with Crippen LogP contribution in [0, 0.1) is 0 Å². The van der Waals surface area contributed by atoms with Crippen molar-refractivity contribution in [3.8, 4) is 0 Å². The number of benzene rings is 1. The highest BCUT2D eigenvalue weighted by Crippen LogP contribution is 2.37. The van der Waals surface area contributed by atoms with Crippen LogP contribution < -0.4 is 5.32 Å². The highest BCUT2D eigenvalue weighted by atomic mass is 32.2. The zero-order valence-corrected chi connectivity index (χ0v) is 10.4. The summed E-state index contributed by atoms with van der Waals surface area (Å²) < 4.78 is 36.6. The van der Waals surface area contributed by atoms with Crippen LogP contribution in [0.5, 0.6) is 0 Å². The number of aliphatic hydroxyl groups excluding tert-OH is 2. The fourth-order valence-corrected chi connectivity index (χ4v) is 2.05. The predicted octanol–water partition coefficient (Wildman–Crippen LogP) is 1.91. The molecule has 0 bridgehead atoms. The first-order chi connectivity index (χ1) is 8.33. The summed E-state index contributed by atoms with van der Waals surface area (Å²) in [5.74, 6) is 0. The quantitative estimate of drug-likeness (QED) is 0.722. The molecule has 7 heteroatoms. The molecule has 18 heavy (non-hydrogen) atoms. The van der Waals surface area contributed by atoms with Crippen LogP contribution >= 0.6 is 11.8 Å². The van der Waals surface area contributed by atoms with Gasteiger partial charge in [0, 0.05) is 11.4 Å². The first-order valence-electron chi connectivity index (χ1n) is 5.20. The van der Waals surface area contributed by atoms with E-state index in [1.54, 1.807) is 7.05 Å². The van der Waals surface area contributed by atoms with Gasteiger partial charge in [-0.05, 0) is 36.5 Å². The van der Waals surface area contributed by atoms with Gasteiger partial charge >= 0.3 is 5.51 Å². The molecule has 0 spiro atoms. The lowest BCUT2D eigenvalue weighted by Gasteiger charge is -2.18. The number of nitrogens with one attached hydrogen (secondary N) is 1. The van der Waals surface area contributed by atoms with E-state index in [0.29, 0.717) is 0 Å². The molecule has 0 heterocycles. The van der Waals surface area contributed by atoms with Crippen LogP contribution in [-0.4, -0.2) is 35.4 Å². The molecule has 2 atom stereocenters. The first kappa shape index (κ1) is 15.3. The molecular weight excluding hydrogens is 267 g/mol. The van der Waals surface area contributed by atoms with E-state index < -0.39 is 17.7 Å². The van der Waals surface area contributed by atoms with Crippen LogP contribution in [-0.2, 0) is 0 Å². The molecule has 0 aliphatic carbocycles. The third kappa shape index (κ3) is 4.85. The van der Waals surface area contributed by atoms with E-state index in [4.69, 9.17) is 0 Å². The molecule has 0 aliphatic rings. The Morgan fingerprint density at radius 2 is 2.00 bits per heavy atom. The lowest BCUT2D eigenvalue weighted by Crippen LogP contribution is -2.29. The Labute approximate surface area is 107 Å². The summed E-state index contributed by atoms with van der Waals surface area (Å²) in [5.41, 5.74) is -4.11. The maximum absolute atomic E-state index is 12.2. The molecule has 0 amide bonds. The number of alkyl halides is 3. The zero-order valence-electron chi connectivity index (χ0n) is 9.61. The molecule has 1 aromatic rings. The van der Waals surface area contributed by atoms with Crippen molar-refractivity contribution < 1.29 is 23.4 Å². The van der Waals surface area contributed by atoms with E-state index in [-0.39, 0.29) is 28.8 Å². The number of hydrogen-bond donors (Lipinski definition) is 3. The van der Waals surface area contributed by atoms with Crippen molar-refractivity contribution in [2.24, 2.45) is 0 Å². The van der Waals surface area contributed by atoms with Gasteiger partial charge in [0.2, 0.25) is 0 Å². The maximum atomic E-state index is 12.2. The average Bonchev–Trinajstić information content (AvgIpc) is 2.26. The van der Waals surface area contributed by atoms with E-state index in [9.17, 15) is 23.4 Å². The minimum absolute atomic E-state index is 0.0179. The molecule has 0 aliphatic heterocycles. The highest BCUT2D eigenvalue weighted by molar-refractivity contribution is 8.00. The molecule has 0 fully saturated rings. The van der Waals surface area contributed by atoms with E-state index >= 15 is 0 Å². The minimum Gasteiger partial charge on any atom is -0.389 e. The van der Waals surface area contributed by atoms with Crippen molar-refractivity contribution in [2.45, 2.75) is 22.6 Å². The molecule has 0 saturated heterocycles. The van der Waals surface area contributed by atoms with Crippen molar-refractivity contribution >= 4 is 11.8 Å². The average molecular weight is 281 g/mol. The number of rotatable bonds is 5. The van der Waals surface area contributed by atoms with Gasteiger partial charge in [-0.25, -0.2) is 0 Å². The van der Waals surface area contributed by atoms with Crippen molar-refractivity contribution in [2.75, 3.05) is 13.6 Å². The van der Waals surface area contributed by atoms with Gasteiger partial charge in [-0.15, -0.1) is 0 Å². The van der Waals surface area contributed by atoms with Gasteiger partial charge in [0.15, 0.2) is 0 Å². The summed E-state index contributed by atoms with van der Waals surface area (Å²) in [7, 11) is 1.60. The van der Waals surface area contributed by atoms with Gasteiger partial charge < -0.3 is 15.5 Å². The number of hydrogen-bond acceptors (Lipinski definition) is 4. The highest BCUT2D eigenvalue weighted by Gasteiger charge is 2.29. The molecule has 102 valence electrons. The molecular formula is C11H14F3NO2S. The summed E-state index contributed by atoms with van der Waals surface area (Å²) in [6.45, 7) is 0.151. The molecule has 3 nitrogen and oxygen atoms in total. The van der Waals surface area contributed by atoms with Gasteiger partial charge in [-0.3, -0.25) is 0 Å². The number of aliphatic hydroxyl groups is 2. The van der Waals surface area contributed by atoms with E-state index in [1.165, 1.54) is 24.3 Å². The van der Waals surface area contributed by atoms with E-state index in [0.717, 1.165) is 0 Å². The van der Waals surface area contributed by atoms with Crippen LogP contribution in [0.2, 0.25) is 0 Å². The second-order valence-electron chi connectivity index (χ2n) is 3.69.